The third-order valence-corrected chi connectivity index (χ3v) is 6.59. The van der Waals surface area contributed by atoms with Gasteiger partial charge < -0.3 is 24.5 Å². The van der Waals surface area contributed by atoms with Gasteiger partial charge in [-0.1, -0.05) is 18.2 Å². The van der Waals surface area contributed by atoms with Crippen LogP contribution in [0.4, 0.5) is 0 Å². The van der Waals surface area contributed by atoms with E-state index in [1.54, 1.807) is 0 Å². The quantitative estimate of drug-likeness (QED) is 0.227. The number of nitrogens with one attached hydrogen (secondary N) is 1. The summed E-state index contributed by atoms with van der Waals surface area (Å²) in [5, 5.41) is 17.3. The molecule has 1 N–H and O–H groups in total. The Morgan fingerprint density at radius 2 is 1.74 bits per heavy atom. The van der Waals surface area contributed by atoms with E-state index in [1.807, 2.05) is 62.1 Å². The predicted octanol–water partition coefficient (Wildman–Crippen LogP) is 1.54. The molecule has 1 aliphatic carbocycles. The second-order valence-electron chi connectivity index (χ2n) is 9.42. The van der Waals surface area contributed by atoms with Crippen molar-refractivity contribution in [3.05, 3.63) is 76.6 Å². The second kappa shape index (κ2) is 10.1. The van der Waals surface area contributed by atoms with Gasteiger partial charge in [-0.25, -0.2) is 9.37 Å². The monoisotopic (exact) mass is 527 g/mol. The fourth-order valence-electron chi connectivity index (χ4n) is 4.66. The van der Waals surface area contributed by atoms with Crippen LogP contribution in [0.25, 0.3) is 33.4 Å². The first-order valence-corrected chi connectivity index (χ1v) is 12.3. The average Bonchev–Trinajstić information content (AvgIpc) is 3.23. The first-order valence-electron chi connectivity index (χ1n) is 12.3. The third-order valence-electron chi connectivity index (χ3n) is 6.59. The highest BCUT2D eigenvalue weighted by Gasteiger charge is 2.33. The Balaban J connectivity index is 1.76. The van der Waals surface area contributed by atoms with Crippen molar-refractivity contribution in [2.45, 2.75) is 19.4 Å². The molecule has 0 unspecified atom stereocenters. The number of benzene rings is 3. The molecule has 2 amide bonds. The largest absolute Gasteiger partial charge is 0.545 e. The molecule has 198 valence electrons. The predicted molar refractivity (Wildman–Crippen MR) is 139 cm³/mol. The van der Waals surface area contributed by atoms with Gasteiger partial charge in [0.1, 0.15) is 25.4 Å². The Morgan fingerprint density at radius 1 is 1.00 bits per heavy atom. The molecule has 0 bridgehead atoms. The standard InChI is InChI=1S/C29H25N3O7/c1-30-15-16-4-7-20-23(12-16)38-24-14-18(31(2)3)6-9-21(24)27(20)22-13-17(5-8-19(22)28(35)36)29(37)39-32-25(33)10-11-26(32)34/h4-9,12-14,30H,10-11,15H2,1-3H3. The molecule has 3 aliphatic rings. The van der Waals surface area contributed by atoms with Crippen molar-refractivity contribution in [3.8, 4) is 22.5 Å². The van der Waals surface area contributed by atoms with E-state index in [9.17, 15) is 24.3 Å². The van der Waals surface area contributed by atoms with Crippen LogP contribution in [0.2, 0.25) is 0 Å². The maximum atomic E-state index is 13.0. The van der Waals surface area contributed by atoms with Gasteiger partial charge >= 0.3 is 5.97 Å². The molecule has 0 aromatic heterocycles. The molecule has 2 heterocycles. The molecule has 0 atom stereocenters. The number of amides is 2. The topological polar surface area (TPSA) is 132 Å². The van der Waals surface area contributed by atoms with Crippen LogP contribution in [-0.2, 0) is 21.0 Å². The number of rotatable bonds is 6. The number of hydroxylamine groups is 2. The van der Waals surface area contributed by atoms with Crippen LogP contribution < -0.4 is 20.4 Å². The number of hydrogen-bond acceptors (Lipinski definition) is 8. The van der Waals surface area contributed by atoms with E-state index in [2.05, 4.69) is 5.32 Å². The molecule has 39 heavy (non-hydrogen) atoms. The van der Waals surface area contributed by atoms with Gasteiger partial charge in [-0.3, -0.25) is 9.59 Å². The van der Waals surface area contributed by atoms with Crippen LogP contribution in [0.1, 0.15) is 39.1 Å². The highest BCUT2D eigenvalue weighted by Crippen LogP contribution is 2.41. The molecule has 1 saturated heterocycles. The van der Waals surface area contributed by atoms with Crippen molar-refractivity contribution in [2.75, 3.05) is 21.1 Å². The number of aromatic carboxylic acids is 1. The van der Waals surface area contributed by atoms with E-state index in [0.29, 0.717) is 39.5 Å². The number of carboxylic acid groups (broad SMARTS) is 1. The van der Waals surface area contributed by atoms with Crippen molar-refractivity contribution in [1.29, 1.82) is 0 Å². The minimum Gasteiger partial charge on any atom is -0.545 e. The van der Waals surface area contributed by atoms with Gasteiger partial charge in [0.2, 0.25) is 5.36 Å². The molecule has 0 radical (unpaired) electrons. The highest BCUT2D eigenvalue weighted by molar-refractivity contribution is 6.09. The number of nitrogens with zero attached hydrogens (tertiary/aromatic N) is 2. The van der Waals surface area contributed by atoms with E-state index < -0.39 is 23.8 Å². The highest BCUT2D eigenvalue weighted by atomic mass is 16.7. The molecular weight excluding hydrogens is 502 g/mol. The van der Waals surface area contributed by atoms with Crippen LogP contribution in [0, 0.1) is 0 Å². The first kappa shape index (κ1) is 25.8. The molecule has 10 heteroatoms. The lowest BCUT2D eigenvalue weighted by Gasteiger charge is -2.19. The normalized spacial score (nSPS) is 13.4. The maximum Gasteiger partial charge on any atom is 0.363 e. The number of imide groups is 1. The van der Waals surface area contributed by atoms with Crippen LogP contribution in [0.5, 0.6) is 0 Å². The minimum atomic E-state index is -1.44. The first-order chi connectivity index (χ1) is 18.7. The summed E-state index contributed by atoms with van der Waals surface area (Å²) in [6, 6.07) is 15.1. The average molecular weight is 528 g/mol. The molecule has 2 aliphatic heterocycles. The molecule has 1 fully saturated rings. The molecule has 5 rings (SSSR count). The van der Waals surface area contributed by atoms with Crippen molar-refractivity contribution in [1.82, 2.24) is 15.0 Å². The number of carbonyl (C=O) groups is 4. The number of carbonyl (C=O) groups excluding carboxylic acids is 4. The number of hydrogen-bond donors (Lipinski definition) is 1. The lowest BCUT2D eigenvalue weighted by molar-refractivity contribution is -0.254. The zero-order chi connectivity index (χ0) is 27.8. The summed E-state index contributed by atoms with van der Waals surface area (Å²) in [5.74, 6) is -3.12. The summed E-state index contributed by atoms with van der Waals surface area (Å²) in [6.45, 7) is 0.593. The van der Waals surface area contributed by atoms with Crippen LogP contribution >= 0.6 is 0 Å². The van der Waals surface area contributed by atoms with Crippen molar-refractivity contribution in [2.24, 2.45) is 0 Å². The summed E-state index contributed by atoms with van der Waals surface area (Å²) in [5.41, 5.74) is 2.63. The van der Waals surface area contributed by atoms with E-state index in [-0.39, 0.29) is 29.5 Å². The maximum absolute atomic E-state index is 13.0. The molecule has 2 aromatic carbocycles. The SMILES string of the molecule is CNCc1ccc2c(-c3cc(C(=O)ON4C(=O)CCC4=O)ccc3C(=O)[O-])c3ccc(=[N+](C)C)cc-3oc2c1. The van der Waals surface area contributed by atoms with Gasteiger partial charge in [0.25, 0.3) is 11.8 Å². The second-order valence-corrected chi connectivity index (χ2v) is 9.42. The van der Waals surface area contributed by atoms with Crippen molar-refractivity contribution in [3.63, 3.8) is 0 Å². The zero-order valence-corrected chi connectivity index (χ0v) is 21.6. The summed E-state index contributed by atoms with van der Waals surface area (Å²) in [7, 11) is 5.62. The Labute approximate surface area is 223 Å². The Hall–Kier alpha value is -4.83. The Morgan fingerprint density at radius 3 is 2.41 bits per heavy atom. The van der Waals surface area contributed by atoms with Gasteiger partial charge in [-0.05, 0) is 42.4 Å². The molecule has 10 nitrogen and oxygen atoms in total. The van der Waals surface area contributed by atoms with Gasteiger partial charge in [0, 0.05) is 47.5 Å². The minimum absolute atomic E-state index is 0.0405. The summed E-state index contributed by atoms with van der Waals surface area (Å²) < 4.78 is 8.20. The van der Waals surface area contributed by atoms with E-state index in [1.165, 1.54) is 18.2 Å². The fourth-order valence-corrected chi connectivity index (χ4v) is 4.66. The smallest absolute Gasteiger partial charge is 0.363 e. The van der Waals surface area contributed by atoms with E-state index in [0.717, 1.165) is 10.9 Å². The summed E-state index contributed by atoms with van der Waals surface area (Å²) in [4.78, 5) is 54.2. The zero-order valence-electron chi connectivity index (χ0n) is 21.6. The summed E-state index contributed by atoms with van der Waals surface area (Å²) >= 11 is 0. The van der Waals surface area contributed by atoms with Crippen LogP contribution in [0.3, 0.4) is 0 Å². The van der Waals surface area contributed by atoms with Gasteiger partial charge in [-0.15, -0.1) is 5.06 Å². The lowest BCUT2D eigenvalue weighted by Crippen LogP contribution is -2.32. The van der Waals surface area contributed by atoms with Crippen LogP contribution in [0.15, 0.2) is 59.0 Å². The van der Waals surface area contributed by atoms with Gasteiger partial charge in [-0.2, -0.15) is 0 Å². The van der Waals surface area contributed by atoms with Gasteiger partial charge in [0.15, 0.2) is 0 Å². The molecule has 0 saturated carbocycles. The van der Waals surface area contributed by atoms with Gasteiger partial charge in [0.05, 0.1) is 17.6 Å². The van der Waals surface area contributed by atoms with Crippen molar-refractivity contribution < 1.29 is 33.5 Å². The molecule has 2 aromatic rings. The van der Waals surface area contributed by atoms with E-state index in [4.69, 9.17) is 9.25 Å². The molecule has 0 spiro atoms. The van der Waals surface area contributed by atoms with Crippen LogP contribution in [-0.4, -0.2) is 50.0 Å². The number of carboxylic acids is 1. The Kier molecular flexibility index (Phi) is 6.71. The summed E-state index contributed by atoms with van der Waals surface area (Å²) in [6.07, 6.45) is -0.0894. The van der Waals surface area contributed by atoms with Crippen molar-refractivity contribution >= 4 is 34.7 Å². The third kappa shape index (κ3) is 4.77. The Bertz CT molecular complexity index is 1700. The molecular formula is C29H25N3O7. The lowest BCUT2D eigenvalue weighted by atomic mass is 9.89. The fraction of sp³-hybridized carbons (Fsp3) is 0.207. The van der Waals surface area contributed by atoms with E-state index >= 15 is 0 Å². The number of fused-ring (bicyclic) bond motifs is 2.